The lowest BCUT2D eigenvalue weighted by molar-refractivity contribution is 0.277. The van der Waals surface area contributed by atoms with Gasteiger partial charge in [-0.05, 0) is 18.2 Å². The maximum absolute atomic E-state index is 8.93. The van der Waals surface area contributed by atoms with Crippen molar-refractivity contribution in [2.24, 2.45) is 0 Å². The molecule has 1 N–H and O–H groups in total. The molecule has 14 heavy (non-hydrogen) atoms. The van der Waals surface area contributed by atoms with E-state index in [0.717, 1.165) is 16.7 Å². The smallest absolute Gasteiger partial charge is 0.121 e. The zero-order valence-corrected chi connectivity index (χ0v) is 7.90. The molecule has 0 aliphatic rings. The van der Waals surface area contributed by atoms with Crippen LogP contribution in [0.4, 0.5) is 0 Å². The van der Waals surface area contributed by atoms with Crippen molar-refractivity contribution in [2.45, 2.75) is 6.61 Å². The van der Waals surface area contributed by atoms with Crippen LogP contribution in [0.1, 0.15) is 5.69 Å². The van der Waals surface area contributed by atoms with Crippen LogP contribution in [0.15, 0.2) is 30.3 Å². The molecule has 0 saturated heterocycles. The number of methoxy groups -OCH3 is 1. The maximum atomic E-state index is 8.93. The van der Waals surface area contributed by atoms with Crippen LogP contribution in [-0.2, 0) is 6.61 Å². The van der Waals surface area contributed by atoms with Gasteiger partial charge in [0.1, 0.15) is 5.75 Å². The van der Waals surface area contributed by atoms with Gasteiger partial charge in [0.25, 0.3) is 0 Å². The van der Waals surface area contributed by atoms with E-state index in [1.54, 1.807) is 7.11 Å². The molecular weight excluding hydrogens is 178 g/mol. The Morgan fingerprint density at radius 1 is 1.29 bits per heavy atom. The first kappa shape index (κ1) is 8.97. The zero-order chi connectivity index (χ0) is 9.97. The predicted octanol–water partition coefficient (Wildman–Crippen LogP) is 1.74. The molecular formula is C11H11NO2. The predicted molar refractivity (Wildman–Crippen MR) is 54.2 cm³/mol. The lowest BCUT2D eigenvalue weighted by atomic mass is 10.2. The molecule has 0 aliphatic heterocycles. The van der Waals surface area contributed by atoms with Gasteiger partial charge in [-0.1, -0.05) is 6.07 Å². The molecule has 0 unspecified atom stereocenters. The van der Waals surface area contributed by atoms with Crippen molar-refractivity contribution >= 4 is 10.9 Å². The lowest BCUT2D eigenvalue weighted by Gasteiger charge is -2.02. The number of hydrogen-bond acceptors (Lipinski definition) is 3. The molecule has 0 fully saturated rings. The number of aliphatic hydroxyl groups is 1. The lowest BCUT2D eigenvalue weighted by Crippen LogP contribution is -1.90. The van der Waals surface area contributed by atoms with Crippen LogP contribution in [0.3, 0.4) is 0 Å². The van der Waals surface area contributed by atoms with Crippen molar-refractivity contribution in [2.75, 3.05) is 7.11 Å². The molecule has 1 heterocycles. The molecule has 1 aromatic heterocycles. The third-order valence-electron chi connectivity index (χ3n) is 2.12. The summed E-state index contributed by atoms with van der Waals surface area (Å²) < 4.78 is 5.09. The Hall–Kier alpha value is -1.61. The monoisotopic (exact) mass is 189 g/mol. The highest BCUT2D eigenvalue weighted by molar-refractivity contribution is 5.80. The summed E-state index contributed by atoms with van der Waals surface area (Å²) >= 11 is 0. The molecule has 3 nitrogen and oxygen atoms in total. The van der Waals surface area contributed by atoms with Gasteiger partial charge in [0.05, 0.1) is 24.9 Å². The molecule has 2 rings (SSSR count). The van der Waals surface area contributed by atoms with Crippen molar-refractivity contribution in [1.82, 2.24) is 4.98 Å². The Morgan fingerprint density at radius 3 is 2.79 bits per heavy atom. The van der Waals surface area contributed by atoms with Crippen LogP contribution in [0.25, 0.3) is 10.9 Å². The number of aliphatic hydroxyl groups excluding tert-OH is 1. The molecule has 0 amide bonds. The second-order valence-corrected chi connectivity index (χ2v) is 3.02. The summed E-state index contributed by atoms with van der Waals surface area (Å²) in [5, 5.41) is 9.97. The summed E-state index contributed by atoms with van der Waals surface area (Å²) in [5.41, 5.74) is 1.52. The van der Waals surface area contributed by atoms with Crippen LogP contribution < -0.4 is 4.74 Å². The molecule has 2 aromatic rings. The SMILES string of the molecule is COc1ccc2ccc(CO)nc2c1. The minimum Gasteiger partial charge on any atom is -0.497 e. The Balaban J connectivity index is 2.60. The summed E-state index contributed by atoms with van der Waals surface area (Å²) in [6.45, 7) is -0.0346. The van der Waals surface area contributed by atoms with E-state index in [9.17, 15) is 0 Å². The Labute approximate surface area is 82.0 Å². The number of nitrogens with zero attached hydrogens (tertiary/aromatic N) is 1. The van der Waals surface area contributed by atoms with E-state index in [2.05, 4.69) is 4.98 Å². The number of pyridine rings is 1. The number of benzene rings is 1. The van der Waals surface area contributed by atoms with E-state index in [-0.39, 0.29) is 6.61 Å². The van der Waals surface area contributed by atoms with Gasteiger partial charge in [-0.2, -0.15) is 0 Å². The number of aromatic nitrogens is 1. The Kier molecular flexibility index (Phi) is 2.33. The van der Waals surface area contributed by atoms with Crippen LogP contribution >= 0.6 is 0 Å². The van der Waals surface area contributed by atoms with Crippen molar-refractivity contribution in [3.63, 3.8) is 0 Å². The summed E-state index contributed by atoms with van der Waals surface area (Å²) in [6.07, 6.45) is 0. The van der Waals surface area contributed by atoms with Crippen molar-refractivity contribution < 1.29 is 9.84 Å². The Bertz CT molecular complexity index is 415. The fourth-order valence-corrected chi connectivity index (χ4v) is 1.35. The van der Waals surface area contributed by atoms with Gasteiger partial charge in [0, 0.05) is 11.5 Å². The standard InChI is InChI=1S/C11H11NO2/c1-14-10-5-3-8-2-4-9(7-13)12-11(8)6-10/h2-6,13H,7H2,1H3. The Morgan fingerprint density at radius 2 is 2.07 bits per heavy atom. The van der Waals surface area contributed by atoms with Crippen LogP contribution in [0.2, 0.25) is 0 Å². The van der Waals surface area contributed by atoms with Crippen LogP contribution in [0, 0.1) is 0 Å². The summed E-state index contributed by atoms with van der Waals surface area (Å²) in [5.74, 6) is 0.778. The normalized spacial score (nSPS) is 10.4. The molecule has 3 heteroatoms. The highest BCUT2D eigenvalue weighted by atomic mass is 16.5. The van der Waals surface area contributed by atoms with Gasteiger partial charge in [0.2, 0.25) is 0 Å². The summed E-state index contributed by atoms with van der Waals surface area (Å²) in [6, 6.07) is 9.45. The first-order valence-electron chi connectivity index (χ1n) is 4.38. The number of fused-ring (bicyclic) bond motifs is 1. The zero-order valence-electron chi connectivity index (χ0n) is 7.90. The molecule has 0 aliphatic carbocycles. The third kappa shape index (κ3) is 1.54. The fraction of sp³-hybridized carbons (Fsp3) is 0.182. The fourth-order valence-electron chi connectivity index (χ4n) is 1.35. The highest BCUT2D eigenvalue weighted by Gasteiger charge is 1.99. The highest BCUT2D eigenvalue weighted by Crippen LogP contribution is 2.19. The average Bonchev–Trinajstić information content (AvgIpc) is 2.27. The van der Waals surface area contributed by atoms with Crippen LogP contribution in [-0.4, -0.2) is 17.2 Å². The molecule has 0 radical (unpaired) electrons. The number of hydrogen-bond donors (Lipinski definition) is 1. The van der Waals surface area contributed by atoms with E-state index >= 15 is 0 Å². The van der Waals surface area contributed by atoms with E-state index in [1.807, 2.05) is 30.3 Å². The van der Waals surface area contributed by atoms with Gasteiger partial charge in [0.15, 0.2) is 0 Å². The first-order valence-corrected chi connectivity index (χ1v) is 4.38. The molecule has 0 bridgehead atoms. The van der Waals surface area contributed by atoms with Crippen molar-refractivity contribution in [3.05, 3.63) is 36.0 Å². The summed E-state index contributed by atoms with van der Waals surface area (Å²) in [7, 11) is 1.62. The second-order valence-electron chi connectivity index (χ2n) is 3.02. The van der Waals surface area contributed by atoms with E-state index in [1.165, 1.54) is 0 Å². The number of rotatable bonds is 2. The van der Waals surface area contributed by atoms with Gasteiger partial charge in [-0.15, -0.1) is 0 Å². The molecule has 0 spiro atoms. The first-order chi connectivity index (χ1) is 6.83. The summed E-state index contributed by atoms with van der Waals surface area (Å²) in [4.78, 5) is 4.27. The second kappa shape index (κ2) is 3.64. The minimum atomic E-state index is -0.0346. The van der Waals surface area contributed by atoms with Crippen LogP contribution in [0.5, 0.6) is 5.75 Å². The maximum Gasteiger partial charge on any atom is 0.121 e. The van der Waals surface area contributed by atoms with E-state index < -0.39 is 0 Å². The van der Waals surface area contributed by atoms with Gasteiger partial charge in [-0.25, -0.2) is 0 Å². The van der Waals surface area contributed by atoms with E-state index in [4.69, 9.17) is 9.84 Å². The topological polar surface area (TPSA) is 42.4 Å². The third-order valence-corrected chi connectivity index (χ3v) is 2.12. The molecule has 1 aromatic carbocycles. The average molecular weight is 189 g/mol. The quantitative estimate of drug-likeness (QED) is 0.782. The molecule has 0 saturated carbocycles. The van der Waals surface area contributed by atoms with Gasteiger partial charge >= 0.3 is 0 Å². The van der Waals surface area contributed by atoms with Gasteiger partial charge in [-0.3, -0.25) is 4.98 Å². The minimum absolute atomic E-state index is 0.0346. The number of ether oxygens (including phenoxy) is 1. The molecule has 72 valence electrons. The molecule has 0 atom stereocenters. The largest absolute Gasteiger partial charge is 0.497 e. The van der Waals surface area contributed by atoms with E-state index in [0.29, 0.717) is 5.69 Å². The van der Waals surface area contributed by atoms with Gasteiger partial charge < -0.3 is 9.84 Å². The van der Waals surface area contributed by atoms with Crippen molar-refractivity contribution in [1.29, 1.82) is 0 Å². The van der Waals surface area contributed by atoms with Crippen molar-refractivity contribution in [3.8, 4) is 5.75 Å².